The molecule has 100 valence electrons. The predicted octanol–water partition coefficient (Wildman–Crippen LogP) is 3.96. The third-order valence-electron chi connectivity index (χ3n) is 2.92. The second-order valence-corrected chi connectivity index (χ2v) is 5.87. The molecule has 4 heteroatoms. The first kappa shape index (κ1) is 13.7. The fourth-order valence-electron chi connectivity index (χ4n) is 1.87. The number of amides is 1. The van der Waals surface area contributed by atoms with Gasteiger partial charge in [0.2, 0.25) is 0 Å². The van der Waals surface area contributed by atoms with Gasteiger partial charge in [0.15, 0.2) is 0 Å². The van der Waals surface area contributed by atoms with Crippen LogP contribution in [0.2, 0.25) is 0 Å². The number of hydrogen-bond donors (Lipinski definition) is 1. The van der Waals surface area contributed by atoms with E-state index in [0.717, 1.165) is 23.3 Å². The maximum Gasteiger partial charge on any atom is 0.266 e. The van der Waals surface area contributed by atoms with Crippen molar-refractivity contribution in [3.8, 4) is 0 Å². The van der Waals surface area contributed by atoms with Crippen molar-refractivity contribution in [3.05, 3.63) is 45.3 Å². The molecule has 1 N–H and O–H groups in total. The zero-order chi connectivity index (χ0) is 13.8. The van der Waals surface area contributed by atoms with Gasteiger partial charge in [-0.05, 0) is 43.5 Å². The highest BCUT2D eigenvalue weighted by Crippen LogP contribution is 2.23. The van der Waals surface area contributed by atoms with Crippen molar-refractivity contribution in [2.45, 2.75) is 33.6 Å². The number of carbonyl (C=O) groups is 1. The molecular weight excluding hydrogens is 256 g/mol. The quantitative estimate of drug-likeness (QED) is 0.916. The van der Waals surface area contributed by atoms with Crippen molar-refractivity contribution in [2.75, 3.05) is 5.32 Å². The Morgan fingerprint density at radius 1 is 1.37 bits per heavy atom. The van der Waals surface area contributed by atoms with Crippen LogP contribution < -0.4 is 5.32 Å². The molecule has 0 bridgehead atoms. The van der Waals surface area contributed by atoms with E-state index in [1.807, 2.05) is 25.1 Å². The highest BCUT2D eigenvalue weighted by molar-refractivity contribution is 7.14. The molecule has 0 aromatic carbocycles. The number of hydrogen-bond acceptors (Lipinski definition) is 3. The van der Waals surface area contributed by atoms with Crippen molar-refractivity contribution >= 4 is 23.1 Å². The molecule has 0 atom stereocenters. The lowest BCUT2D eigenvalue weighted by Gasteiger charge is -2.02. The number of anilines is 1. The summed E-state index contributed by atoms with van der Waals surface area (Å²) in [4.78, 5) is 18.3. The number of pyridine rings is 1. The molecule has 2 aromatic rings. The van der Waals surface area contributed by atoms with E-state index in [-0.39, 0.29) is 5.91 Å². The summed E-state index contributed by atoms with van der Waals surface area (Å²) in [6, 6.07) is 5.75. The van der Waals surface area contributed by atoms with Crippen LogP contribution in [0.25, 0.3) is 0 Å². The summed E-state index contributed by atoms with van der Waals surface area (Å²) in [6.45, 7) is 6.18. The number of nitrogens with one attached hydrogen (secondary N) is 1. The smallest absolute Gasteiger partial charge is 0.266 e. The predicted molar refractivity (Wildman–Crippen MR) is 80.0 cm³/mol. The topological polar surface area (TPSA) is 42.0 Å². The first-order chi connectivity index (χ1) is 9.10. The highest BCUT2D eigenvalue weighted by atomic mass is 32.1. The molecule has 0 radical (unpaired) electrons. The van der Waals surface area contributed by atoms with E-state index in [0.29, 0.717) is 5.82 Å². The molecule has 2 heterocycles. The van der Waals surface area contributed by atoms with Crippen LogP contribution in [0, 0.1) is 13.8 Å². The van der Waals surface area contributed by atoms with Gasteiger partial charge in [0.05, 0.1) is 4.88 Å². The molecule has 0 saturated heterocycles. The summed E-state index contributed by atoms with van der Waals surface area (Å²) >= 11 is 1.54. The SMILES string of the molecule is CCCc1cc(C(=O)Nc2ccc(C)cn2)sc1C. The van der Waals surface area contributed by atoms with Crippen LogP contribution in [-0.2, 0) is 6.42 Å². The molecule has 3 nitrogen and oxygen atoms in total. The van der Waals surface area contributed by atoms with Crippen molar-refractivity contribution in [3.63, 3.8) is 0 Å². The van der Waals surface area contributed by atoms with E-state index in [2.05, 4.69) is 24.1 Å². The largest absolute Gasteiger partial charge is 0.306 e. The van der Waals surface area contributed by atoms with Crippen LogP contribution in [0.4, 0.5) is 5.82 Å². The first-order valence-electron chi connectivity index (χ1n) is 6.43. The maximum absolute atomic E-state index is 12.1. The Hall–Kier alpha value is -1.68. The van der Waals surface area contributed by atoms with Crippen LogP contribution in [0.3, 0.4) is 0 Å². The number of rotatable bonds is 4. The molecule has 0 spiro atoms. The fourth-order valence-corrected chi connectivity index (χ4v) is 2.84. The molecule has 0 aliphatic rings. The summed E-state index contributed by atoms with van der Waals surface area (Å²) in [5.74, 6) is 0.519. The molecule has 2 aromatic heterocycles. The maximum atomic E-state index is 12.1. The van der Waals surface area contributed by atoms with Gasteiger partial charge in [0.25, 0.3) is 5.91 Å². The zero-order valence-corrected chi connectivity index (χ0v) is 12.3. The van der Waals surface area contributed by atoms with Gasteiger partial charge in [-0.1, -0.05) is 19.4 Å². The third kappa shape index (κ3) is 3.41. The van der Waals surface area contributed by atoms with Crippen molar-refractivity contribution in [1.29, 1.82) is 0 Å². The monoisotopic (exact) mass is 274 g/mol. The van der Waals surface area contributed by atoms with Crippen LogP contribution in [-0.4, -0.2) is 10.9 Å². The average Bonchev–Trinajstić information content (AvgIpc) is 2.75. The number of aromatic nitrogens is 1. The third-order valence-corrected chi connectivity index (χ3v) is 4.01. The van der Waals surface area contributed by atoms with Gasteiger partial charge in [0, 0.05) is 11.1 Å². The van der Waals surface area contributed by atoms with Crippen molar-refractivity contribution in [2.24, 2.45) is 0 Å². The highest BCUT2D eigenvalue weighted by Gasteiger charge is 2.12. The summed E-state index contributed by atoms with van der Waals surface area (Å²) in [5, 5.41) is 2.83. The van der Waals surface area contributed by atoms with Gasteiger partial charge in [-0.2, -0.15) is 0 Å². The van der Waals surface area contributed by atoms with Gasteiger partial charge in [-0.25, -0.2) is 4.98 Å². The number of aryl methyl sites for hydroxylation is 3. The minimum Gasteiger partial charge on any atom is -0.306 e. The standard InChI is InChI=1S/C15H18N2OS/c1-4-5-12-8-13(19-11(12)3)15(18)17-14-7-6-10(2)9-16-14/h6-9H,4-5H2,1-3H3,(H,16,17,18). The Balaban J connectivity index is 2.11. The van der Waals surface area contributed by atoms with E-state index in [1.54, 1.807) is 17.5 Å². The molecule has 0 unspecified atom stereocenters. The molecule has 0 aliphatic carbocycles. The van der Waals surface area contributed by atoms with Gasteiger partial charge < -0.3 is 5.32 Å². The summed E-state index contributed by atoms with van der Waals surface area (Å²) in [5.41, 5.74) is 2.35. The Bertz CT molecular complexity index is 572. The molecule has 0 saturated carbocycles. The molecular formula is C15H18N2OS. The Morgan fingerprint density at radius 3 is 2.79 bits per heavy atom. The lowest BCUT2D eigenvalue weighted by molar-refractivity contribution is 0.103. The van der Waals surface area contributed by atoms with E-state index in [4.69, 9.17) is 0 Å². The Kier molecular flexibility index (Phi) is 4.32. The van der Waals surface area contributed by atoms with E-state index in [1.165, 1.54) is 10.4 Å². The second kappa shape index (κ2) is 5.97. The van der Waals surface area contributed by atoms with E-state index >= 15 is 0 Å². The van der Waals surface area contributed by atoms with Crippen molar-refractivity contribution < 1.29 is 4.79 Å². The van der Waals surface area contributed by atoms with Crippen LogP contribution >= 0.6 is 11.3 Å². The van der Waals surface area contributed by atoms with Crippen LogP contribution in [0.15, 0.2) is 24.4 Å². The number of carbonyl (C=O) groups excluding carboxylic acids is 1. The summed E-state index contributed by atoms with van der Waals surface area (Å²) in [6.07, 6.45) is 3.87. The summed E-state index contributed by atoms with van der Waals surface area (Å²) < 4.78 is 0. The van der Waals surface area contributed by atoms with E-state index < -0.39 is 0 Å². The van der Waals surface area contributed by atoms with E-state index in [9.17, 15) is 4.79 Å². The average molecular weight is 274 g/mol. The Labute approximate surface area is 117 Å². The minimum absolute atomic E-state index is 0.0770. The molecule has 2 rings (SSSR count). The molecule has 1 amide bonds. The van der Waals surface area contributed by atoms with Gasteiger partial charge in [-0.15, -0.1) is 11.3 Å². The fraction of sp³-hybridized carbons (Fsp3) is 0.333. The van der Waals surface area contributed by atoms with Crippen molar-refractivity contribution in [1.82, 2.24) is 4.98 Å². The minimum atomic E-state index is -0.0770. The number of nitrogens with zero attached hydrogens (tertiary/aromatic N) is 1. The second-order valence-electron chi connectivity index (χ2n) is 4.62. The molecule has 0 fully saturated rings. The van der Waals surface area contributed by atoms with Crippen LogP contribution in [0.5, 0.6) is 0 Å². The number of thiophene rings is 1. The Morgan fingerprint density at radius 2 is 2.16 bits per heavy atom. The lowest BCUT2D eigenvalue weighted by atomic mass is 10.1. The lowest BCUT2D eigenvalue weighted by Crippen LogP contribution is -2.11. The van der Waals surface area contributed by atoms with Gasteiger partial charge >= 0.3 is 0 Å². The molecule has 0 aliphatic heterocycles. The van der Waals surface area contributed by atoms with Crippen LogP contribution in [0.1, 0.15) is 39.0 Å². The zero-order valence-electron chi connectivity index (χ0n) is 11.5. The van der Waals surface area contributed by atoms with Gasteiger partial charge in [-0.3, -0.25) is 4.79 Å². The first-order valence-corrected chi connectivity index (χ1v) is 7.25. The normalized spacial score (nSPS) is 10.5. The van der Waals surface area contributed by atoms with Gasteiger partial charge in [0.1, 0.15) is 5.82 Å². The summed E-state index contributed by atoms with van der Waals surface area (Å²) in [7, 11) is 0. The molecule has 19 heavy (non-hydrogen) atoms.